The fourth-order valence-electron chi connectivity index (χ4n) is 2.92. The first-order chi connectivity index (χ1) is 8.65. The maximum absolute atomic E-state index is 9.82. The van der Waals surface area contributed by atoms with Crippen LogP contribution in [0.15, 0.2) is 18.2 Å². The van der Waals surface area contributed by atoms with Crippen LogP contribution in [0.5, 0.6) is 5.75 Å². The number of hydrogen-bond acceptors (Lipinski definition) is 3. The van der Waals surface area contributed by atoms with Gasteiger partial charge in [-0.15, -0.1) is 0 Å². The topological polar surface area (TPSA) is 32.7 Å². The summed E-state index contributed by atoms with van der Waals surface area (Å²) >= 11 is 0. The van der Waals surface area contributed by atoms with Crippen molar-refractivity contribution < 1.29 is 9.84 Å². The predicted molar refractivity (Wildman–Crippen MR) is 73.2 cm³/mol. The number of hydrogen-bond donors (Lipinski definition) is 1. The van der Waals surface area contributed by atoms with Crippen molar-refractivity contribution in [3.05, 3.63) is 29.3 Å². The number of likely N-dealkylation sites (N-methyl/N-ethyl adjacent to an activating group) is 1. The highest BCUT2D eigenvalue weighted by atomic mass is 16.5. The first-order valence-corrected chi connectivity index (χ1v) is 6.62. The third-order valence-corrected chi connectivity index (χ3v) is 4.12. The van der Waals surface area contributed by atoms with E-state index in [1.54, 1.807) is 7.11 Å². The molecule has 3 nitrogen and oxygen atoms in total. The van der Waals surface area contributed by atoms with Gasteiger partial charge in [0, 0.05) is 12.0 Å². The van der Waals surface area contributed by atoms with E-state index in [1.165, 1.54) is 11.1 Å². The molecule has 18 heavy (non-hydrogen) atoms. The van der Waals surface area contributed by atoms with Gasteiger partial charge in [0.05, 0.1) is 13.7 Å². The number of rotatable bonds is 4. The Balaban J connectivity index is 2.37. The molecule has 1 saturated heterocycles. The summed E-state index contributed by atoms with van der Waals surface area (Å²) in [5.74, 6) is 0.945. The maximum Gasteiger partial charge on any atom is 0.122 e. The molecule has 1 atom stereocenters. The van der Waals surface area contributed by atoms with Gasteiger partial charge < -0.3 is 14.7 Å². The van der Waals surface area contributed by atoms with Crippen LogP contribution in [-0.2, 0) is 11.8 Å². The zero-order chi connectivity index (χ0) is 13.2. The van der Waals surface area contributed by atoms with Gasteiger partial charge in [0.2, 0.25) is 0 Å². The van der Waals surface area contributed by atoms with E-state index < -0.39 is 0 Å². The number of aliphatic hydroxyl groups excluding tert-OH is 1. The van der Waals surface area contributed by atoms with Gasteiger partial charge in [0.1, 0.15) is 5.75 Å². The number of nitrogens with zero attached hydrogens (tertiary/aromatic N) is 1. The van der Waals surface area contributed by atoms with E-state index >= 15 is 0 Å². The Morgan fingerprint density at radius 3 is 2.72 bits per heavy atom. The predicted octanol–water partition coefficient (Wildman–Crippen LogP) is 1.82. The van der Waals surface area contributed by atoms with Gasteiger partial charge in [0.15, 0.2) is 0 Å². The third kappa shape index (κ3) is 2.25. The number of aryl methyl sites for hydroxylation is 1. The Bertz CT molecular complexity index is 419. The lowest BCUT2D eigenvalue weighted by atomic mass is 9.79. The van der Waals surface area contributed by atoms with E-state index in [2.05, 4.69) is 31.0 Å². The highest BCUT2D eigenvalue weighted by Gasteiger charge is 2.38. The van der Waals surface area contributed by atoms with Gasteiger partial charge in [-0.25, -0.2) is 0 Å². The van der Waals surface area contributed by atoms with Crippen LogP contribution >= 0.6 is 0 Å². The zero-order valence-corrected chi connectivity index (χ0v) is 11.6. The maximum atomic E-state index is 9.82. The van der Waals surface area contributed by atoms with Crippen LogP contribution in [0, 0.1) is 0 Å². The van der Waals surface area contributed by atoms with Crippen molar-refractivity contribution in [2.24, 2.45) is 0 Å². The molecule has 0 spiro atoms. The number of ether oxygens (including phenoxy) is 1. The normalized spacial score (nSPS) is 24.4. The van der Waals surface area contributed by atoms with Crippen LogP contribution in [0.25, 0.3) is 0 Å². The third-order valence-electron chi connectivity index (χ3n) is 4.12. The second-order valence-corrected chi connectivity index (χ2v) is 5.31. The van der Waals surface area contributed by atoms with Gasteiger partial charge in [-0.05, 0) is 43.6 Å². The minimum absolute atomic E-state index is 0.0923. The lowest BCUT2D eigenvalue weighted by Gasteiger charge is -2.28. The van der Waals surface area contributed by atoms with Crippen LogP contribution in [0.1, 0.15) is 24.5 Å². The molecular formula is C15H23NO2. The fourth-order valence-corrected chi connectivity index (χ4v) is 2.92. The molecule has 3 heteroatoms. The van der Waals surface area contributed by atoms with E-state index in [1.807, 2.05) is 6.07 Å². The number of aliphatic hydroxyl groups is 1. The summed E-state index contributed by atoms with van der Waals surface area (Å²) in [5.41, 5.74) is 2.37. The van der Waals surface area contributed by atoms with E-state index in [-0.39, 0.29) is 12.0 Å². The van der Waals surface area contributed by atoms with Crippen molar-refractivity contribution in [2.75, 3.05) is 33.9 Å². The number of methoxy groups -OCH3 is 1. The van der Waals surface area contributed by atoms with E-state index in [4.69, 9.17) is 4.74 Å². The van der Waals surface area contributed by atoms with E-state index in [9.17, 15) is 5.11 Å². The number of likely N-dealkylation sites (tertiary alicyclic amines) is 1. The van der Waals surface area contributed by atoms with E-state index in [0.717, 1.165) is 31.7 Å². The fraction of sp³-hybridized carbons (Fsp3) is 0.600. The molecule has 0 aliphatic carbocycles. The van der Waals surface area contributed by atoms with Crippen LogP contribution in [-0.4, -0.2) is 43.9 Å². The Labute approximate surface area is 109 Å². The molecule has 0 radical (unpaired) electrons. The van der Waals surface area contributed by atoms with Crippen molar-refractivity contribution in [1.29, 1.82) is 0 Å². The second kappa shape index (κ2) is 5.29. The molecule has 2 rings (SSSR count). The molecule has 0 aromatic heterocycles. The smallest absolute Gasteiger partial charge is 0.122 e. The molecule has 0 bridgehead atoms. The summed E-state index contributed by atoms with van der Waals surface area (Å²) in [7, 11) is 3.82. The zero-order valence-electron chi connectivity index (χ0n) is 11.6. The Morgan fingerprint density at radius 2 is 2.22 bits per heavy atom. The van der Waals surface area contributed by atoms with Crippen molar-refractivity contribution in [2.45, 2.75) is 25.2 Å². The Kier molecular flexibility index (Phi) is 3.93. The van der Waals surface area contributed by atoms with Crippen molar-refractivity contribution in [1.82, 2.24) is 4.90 Å². The number of benzene rings is 1. The summed E-state index contributed by atoms with van der Waals surface area (Å²) in [6, 6.07) is 6.34. The molecule has 1 unspecified atom stereocenters. The summed E-state index contributed by atoms with van der Waals surface area (Å²) in [5, 5.41) is 9.82. The van der Waals surface area contributed by atoms with Gasteiger partial charge in [0.25, 0.3) is 0 Å². The first kappa shape index (κ1) is 13.4. The molecule has 1 heterocycles. The summed E-state index contributed by atoms with van der Waals surface area (Å²) < 4.78 is 5.37. The quantitative estimate of drug-likeness (QED) is 0.883. The first-order valence-electron chi connectivity index (χ1n) is 6.62. The molecular weight excluding hydrogens is 226 g/mol. The Hall–Kier alpha value is -1.06. The van der Waals surface area contributed by atoms with Crippen molar-refractivity contribution in [3.63, 3.8) is 0 Å². The van der Waals surface area contributed by atoms with E-state index in [0.29, 0.717) is 0 Å². The van der Waals surface area contributed by atoms with Crippen LogP contribution in [0.2, 0.25) is 0 Å². The summed E-state index contributed by atoms with van der Waals surface area (Å²) in [4.78, 5) is 2.28. The van der Waals surface area contributed by atoms with Gasteiger partial charge in [-0.3, -0.25) is 0 Å². The average molecular weight is 249 g/mol. The molecule has 0 amide bonds. The standard InChI is InChI=1S/C15H23NO2/c1-4-12-9-13(5-6-14(12)18-3)15(11-17)7-8-16(2)10-15/h5-6,9,17H,4,7-8,10-11H2,1-3H3. The minimum Gasteiger partial charge on any atom is -0.496 e. The average Bonchev–Trinajstić information content (AvgIpc) is 2.80. The monoisotopic (exact) mass is 249 g/mol. The minimum atomic E-state index is -0.0923. The molecule has 1 aliphatic rings. The molecule has 1 aromatic rings. The molecule has 1 fully saturated rings. The molecule has 1 N–H and O–H groups in total. The summed E-state index contributed by atoms with van der Waals surface area (Å²) in [6.45, 7) is 4.33. The highest BCUT2D eigenvalue weighted by molar-refractivity contribution is 5.41. The lowest BCUT2D eigenvalue weighted by molar-refractivity contribution is 0.195. The second-order valence-electron chi connectivity index (χ2n) is 5.31. The summed E-state index contributed by atoms with van der Waals surface area (Å²) in [6.07, 6.45) is 1.98. The SMILES string of the molecule is CCc1cc(C2(CO)CCN(C)C2)ccc1OC. The lowest BCUT2D eigenvalue weighted by Crippen LogP contribution is -2.33. The molecule has 0 saturated carbocycles. The van der Waals surface area contributed by atoms with Crippen LogP contribution < -0.4 is 4.74 Å². The molecule has 1 aliphatic heterocycles. The van der Waals surface area contributed by atoms with Crippen LogP contribution in [0.4, 0.5) is 0 Å². The van der Waals surface area contributed by atoms with Crippen molar-refractivity contribution >= 4 is 0 Å². The molecule has 1 aromatic carbocycles. The van der Waals surface area contributed by atoms with Crippen molar-refractivity contribution in [3.8, 4) is 5.75 Å². The van der Waals surface area contributed by atoms with Gasteiger partial charge in [-0.1, -0.05) is 19.1 Å². The molecule has 100 valence electrons. The van der Waals surface area contributed by atoms with Gasteiger partial charge >= 0.3 is 0 Å². The van der Waals surface area contributed by atoms with Gasteiger partial charge in [-0.2, -0.15) is 0 Å². The largest absolute Gasteiger partial charge is 0.496 e. The highest BCUT2D eigenvalue weighted by Crippen LogP contribution is 2.35. The van der Waals surface area contributed by atoms with Crippen LogP contribution in [0.3, 0.4) is 0 Å². The Morgan fingerprint density at radius 1 is 1.44 bits per heavy atom.